The molecule has 1 unspecified atom stereocenters. The van der Waals surface area contributed by atoms with E-state index in [0.717, 1.165) is 0 Å². The second-order valence-corrected chi connectivity index (χ2v) is 7.78. The van der Waals surface area contributed by atoms with Crippen LogP contribution in [0.1, 0.15) is 31.0 Å². The summed E-state index contributed by atoms with van der Waals surface area (Å²) in [6.45, 7) is 6.06. The van der Waals surface area contributed by atoms with Gasteiger partial charge in [-0.25, -0.2) is 18.0 Å². The Morgan fingerprint density at radius 3 is 2.74 bits per heavy atom. The van der Waals surface area contributed by atoms with Crippen LogP contribution in [0, 0.1) is 23.4 Å². The monoisotopic (exact) mass is 434 g/mol. The molecule has 2 atom stereocenters. The van der Waals surface area contributed by atoms with E-state index < -0.39 is 23.5 Å². The molecule has 3 amide bonds. The average Bonchev–Trinajstić information content (AvgIpc) is 3.28. The molecule has 10 heteroatoms. The number of fused-ring (bicyclic) bond motifs is 1. The van der Waals surface area contributed by atoms with E-state index in [1.807, 2.05) is 0 Å². The maximum absolute atomic E-state index is 13.5. The molecule has 164 valence electrons. The minimum atomic E-state index is -1.60. The van der Waals surface area contributed by atoms with Crippen molar-refractivity contribution in [3.8, 4) is 0 Å². The molecule has 3 heterocycles. The number of carbonyl (C=O) groups is 2. The lowest BCUT2D eigenvalue weighted by Crippen LogP contribution is -2.45. The third kappa shape index (κ3) is 3.77. The molecule has 2 aliphatic rings. The van der Waals surface area contributed by atoms with Crippen LogP contribution in [-0.2, 0) is 17.8 Å². The molecule has 1 N–H and O–H groups in total. The molecule has 7 nitrogen and oxygen atoms in total. The highest BCUT2D eigenvalue weighted by Crippen LogP contribution is 2.35. The van der Waals surface area contributed by atoms with Gasteiger partial charge in [-0.3, -0.25) is 9.69 Å². The summed E-state index contributed by atoms with van der Waals surface area (Å²) in [6.07, 6.45) is 3.33. The molecular weight excluding hydrogens is 413 g/mol. The highest BCUT2D eigenvalue weighted by atomic mass is 19.2. The van der Waals surface area contributed by atoms with Crippen LogP contribution >= 0.6 is 0 Å². The van der Waals surface area contributed by atoms with Gasteiger partial charge in [-0.1, -0.05) is 11.2 Å². The van der Waals surface area contributed by atoms with Crippen molar-refractivity contribution in [3.63, 3.8) is 0 Å². The minimum Gasteiger partial charge on any atom is -0.338 e. The number of amides is 3. The number of nitrogens with one attached hydrogen (secondary N) is 1. The molecule has 2 aromatic rings. The molecule has 0 spiro atoms. The number of nitrogens with zero attached hydrogens (tertiary/aromatic N) is 3. The number of hydrogen-bond acceptors (Lipinski definition) is 4. The van der Waals surface area contributed by atoms with Crippen molar-refractivity contribution in [1.29, 1.82) is 0 Å². The van der Waals surface area contributed by atoms with Gasteiger partial charge in [-0.2, -0.15) is 0 Å². The number of benzene rings is 1. The van der Waals surface area contributed by atoms with Gasteiger partial charge in [0.1, 0.15) is 0 Å². The van der Waals surface area contributed by atoms with Gasteiger partial charge >= 0.3 is 6.03 Å². The molecule has 2 aliphatic heterocycles. The lowest BCUT2D eigenvalue weighted by molar-refractivity contribution is -0.120. The van der Waals surface area contributed by atoms with Crippen LogP contribution < -0.4 is 10.2 Å². The number of hydrogen-bond donors (Lipinski definition) is 1. The standard InChI is InChI=1S/C21H21F3N4O3/c1-3-4-12-5-6-27(19(12)29)20-14-10-28(11(2)7-17(14)26-31-20)21(30)25-13-8-15(22)18(24)16(23)9-13/h3,8-9,11-12H,1,4-7,10H2,2H3,(H,25,30)/t11-,12?/m0/s1. The van der Waals surface area contributed by atoms with E-state index in [2.05, 4.69) is 17.1 Å². The van der Waals surface area contributed by atoms with Gasteiger partial charge in [0.15, 0.2) is 17.5 Å². The highest BCUT2D eigenvalue weighted by Gasteiger charge is 2.39. The zero-order valence-electron chi connectivity index (χ0n) is 16.8. The fourth-order valence-corrected chi connectivity index (χ4v) is 4.04. The first-order chi connectivity index (χ1) is 14.8. The Hall–Kier alpha value is -3.30. The largest absolute Gasteiger partial charge is 0.338 e. The fourth-order valence-electron chi connectivity index (χ4n) is 4.04. The number of halogens is 3. The van der Waals surface area contributed by atoms with Crippen LogP contribution in [0.25, 0.3) is 0 Å². The zero-order valence-corrected chi connectivity index (χ0v) is 16.8. The summed E-state index contributed by atoms with van der Waals surface area (Å²) in [6, 6.07) is 0.518. The molecule has 1 fully saturated rings. The first kappa shape index (κ1) is 21.0. The van der Waals surface area contributed by atoms with Gasteiger partial charge in [0.25, 0.3) is 0 Å². The number of urea groups is 1. The van der Waals surface area contributed by atoms with Crippen molar-refractivity contribution < 1.29 is 27.3 Å². The van der Waals surface area contributed by atoms with Gasteiger partial charge in [0.05, 0.1) is 17.8 Å². The quantitative estimate of drug-likeness (QED) is 0.583. The van der Waals surface area contributed by atoms with E-state index in [1.165, 1.54) is 9.80 Å². The van der Waals surface area contributed by atoms with Gasteiger partial charge in [0.2, 0.25) is 11.8 Å². The summed E-state index contributed by atoms with van der Waals surface area (Å²) in [5.74, 6) is -4.32. The lowest BCUT2D eigenvalue weighted by Gasteiger charge is -2.33. The number of aromatic nitrogens is 1. The lowest BCUT2D eigenvalue weighted by atomic mass is 10.0. The van der Waals surface area contributed by atoms with Crippen LogP contribution in [0.2, 0.25) is 0 Å². The smallest absolute Gasteiger partial charge is 0.322 e. The van der Waals surface area contributed by atoms with Crippen LogP contribution in [0.5, 0.6) is 0 Å². The van der Waals surface area contributed by atoms with Crippen LogP contribution in [0.15, 0.2) is 29.3 Å². The van der Waals surface area contributed by atoms with E-state index in [-0.39, 0.29) is 30.1 Å². The Balaban J connectivity index is 1.54. The number of rotatable bonds is 4. The summed E-state index contributed by atoms with van der Waals surface area (Å²) in [5, 5.41) is 6.47. The number of anilines is 2. The molecule has 0 aliphatic carbocycles. The third-order valence-corrected chi connectivity index (χ3v) is 5.71. The zero-order chi connectivity index (χ0) is 22.3. The van der Waals surface area contributed by atoms with Gasteiger partial charge in [-0.15, -0.1) is 6.58 Å². The van der Waals surface area contributed by atoms with Crippen molar-refractivity contribution in [2.45, 2.75) is 38.8 Å². The first-order valence-electron chi connectivity index (χ1n) is 9.92. The van der Waals surface area contributed by atoms with E-state index >= 15 is 0 Å². The maximum Gasteiger partial charge on any atom is 0.322 e. The predicted molar refractivity (Wildman–Crippen MR) is 106 cm³/mol. The molecule has 1 aromatic carbocycles. The molecule has 1 aromatic heterocycles. The van der Waals surface area contributed by atoms with Gasteiger partial charge in [-0.05, 0) is 19.8 Å². The van der Waals surface area contributed by atoms with Gasteiger partial charge in [0, 0.05) is 42.7 Å². The summed E-state index contributed by atoms with van der Waals surface area (Å²) < 4.78 is 45.6. The first-order valence-corrected chi connectivity index (χ1v) is 9.92. The SMILES string of the molecule is C=CCC1CCN(c2onc3c2CN(C(=O)Nc2cc(F)c(F)c(F)c2)[C@@H](C)C3)C1=O. The van der Waals surface area contributed by atoms with Crippen molar-refractivity contribution in [2.75, 3.05) is 16.8 Å². The van der Waals surface area contributed by atoms with Crippen molar-refractivity contribution >= 4 is 23.5 Å². The molecular formula is C21H21F3N4O3. The van der Waals surface area contributed by atoms with E-state index in [9.17, 15) is 22.8 Å². The fraction of sp³-hybridized carbons (Fsp3) is 0.381. The molecule has 31 heavy (non-hydrogen) atoms. The van der Waals surface area contributed by atoms with Crippen LogP contribution in [-0.4, -0.2) is 34.6 Å². The van der Waals surface area contributed by atoms with Crippen molar-refractivity contribution in [3.05, 3.63) is 53.5 Å². The topological polar surface area (TPSA) is 78.7 Å². The highest BCUT2D eigenvalue weighted by molar-refractivity contribution is 5.97. The normalized spacial score (nSPS) is 20.7. The van der Waals surface area contributed by atoms with E-state index in [0.29, 0.717) is 55.1 Å². The Kier molecular flexibility index (Phi) is 5.47. The Morgan fingerprint density at radius 1 is 1.35 bits per heavy atom. The van der Waals surface area contributed by atoms with E-state index in [4.69, 9.17) is 4.52 Å². The molecule has 0 saturated carbocycles. The predicted octanol–water partition coefficient (Wildman–Crippen LogP) is 4.00. The number of carbonyl (C=O) groups excluding carboxylic acids is 2. The molecule has 4 rings (SSSR count). The molecule has 0 bridgehead atoms. The summed E-state index contributed by atoms with van der Waals surface area (Å²) in [4.78, 5) is 28.5. The Labute approximate surface area is 176 Å². The van der Waals surface area contributed by atoms with Gasteiger partial charge < -0.3 is 14.7 Å². The minimum absolute atomic E-state index is 0.0780. The third-order valence-electron chi connectivity index (χ3n) is 5.71. The van der Waals surface area contributed by atoms with Crippen LogP contribution in [0.4, 0.5) is 29.5 Å². The second-order valence-electron chi connectivity index (χ2n) is 7.78. The van der Waals surface area contributed by atoms with E-state index in [1.54, 1.807) is 13.0 Å². The molecule has 1 saturated heterocycles. The van der Waals surface area contributed by atoms with Crippen LogP contribution in [0.3, 0.4) is 0 Å². The number of allylic oxidation sites excluding steroid dienone is 1. The Bertz CT molecular complexity index is 1030. The summed E-state index contributed by atoms with van der Waals surface area (Å²) >= 11 is 0. The summed E-state index contributed by atoms with van der Waals surface area (Å²) in [5.41, 5.74) is 1.08. The average molecular weight is 434 g/mol. The Morgan fingerprint density at radius 2 is 2.06 bits per heavy atom. The van der Waals surface area contributed by atoms with Crippen molar-refractivity contribution in [2.24, 2.45) is 5.92 Å². The maximum atomic E-state index is 13.5. The summed E-state index contributed by atoms with van der Waals surface area (Å²) in [7, 11) is 0. The molecule has 0 radical (unpaired) electrons. The van der Waals surface area contributed by atoms with Crippen molar-refractivity contribution in [1.82, 2.24) is 10.1 Å². The second kappa shape index (κ2) is 8.09.